The number of hydrogen-bond acceptors (Lipinski definition) is 4. The topological polar surface area (TPSA) is 72.9 Å². The summed E-state index contributed by atoms with van der Waals surface area (Å²) < 4.78 is 0. The molecule has 0 spiro atoms. The quantitative estimate of drug-likeness (QED) is 0.681. The van der Waals surface area contributed by atoms with Gasteiger partial charge in [0.15, 0.2) is 0 Å². The van der Waals surface area contributed by atoms with Crippen LogP contribution < -0.4 is 5.32 Å². The number of carbonyl (C=O) groups excluding carboxylic acids is 2. The number of urea groups is 1. The van der Waals surface area contributed by atoms with Crippen LogP contribution in [0.3, 0.4) is 0 Å². The van der Waals surface area contributed by atoms with Gasteiger partial charge < -0.3 is 10.4 Å². The molecule has 1 fully saturated rings. The molecule has 1 aliphatic rings. The second-order valence-corrected chi connectivity index (χ2v) is 5.90. The van der Waals surface area contributed by atoms with Gasteiger partial charge in [0, 0.05) is 18.6 Å². The van der Waals surface area contributed by atoms with E-state index in [1.165, 1.54) is 4.90 Å². The summed E-state index contributed by atoms with van der Waals surface area (Å²) in [6.45, 7) is 8.07. The fraction of sp³-hybridized carbons (Fsp3) is 0.833. The van der Waals surface area contributed by atoms with Crippen LogP contribution in [-0.4, -0.2) is 64.7 Å². The average Bonchev–Trinajstić information content (AvgIpc) is 2.46. The minimum absolute atomic E-state index is 0.0230. The molecule has 0 radical (unpaired) electrons. The highest BCUT2D eigenvalue weighted by atomic mass is 16.3. The van der Waals surface area contributed by atoms with Crippen LogP contribution in [0.25, 0.3) is 0 Å². The van der Waals surface area contributed by atoms with Gasteiger partial charge in [-0.1, -0.05) is 0 Å². The van der Waals surface area contributed by atoms with Crippen molar-refractivity contribution in [2.24, 2.45) is 0 Å². The third-order valence-electron chi connectivity index (χ3n) is 3.52. The van der Waals surface area contributed by atoms with Crippen molar-refractivity contribution in [3.63, 3.8) is 0 Å². The van der Waals surface area contributed by atoms with Crippen LogP contribution in [0.15, 0.2) is 0 Å². The molecule has 0 unspecified atom stereocenters. The van der Waals surface area contributed by atoms with Crippen LogP contribution in [-0.2, 0) is 4.79 Å². The maximum atomic E-state index is 11.9. The minimum Gasteiger partial charge on any atom is -0.394 e. The molecule has 2 N–H and O–H groups in total. The Morgan fingerprint density at radius 3 is 2.33 bits per heavy atom. The molecule has 0 aromatic carbocycles. The van der Waals surface area contributed by atoms with E-state index < -0.39 is 5.54 Å². The Morgan fingerprint density at radius 1 is 1.39 bits per heavy atom. The van der Waals surface area contributed by atoms with E-state index in [0.29, 0.717) is 13.1 Å². The van der Waals surface area contributed by atoms with Crippen LogP contribution in [0.1, 0.15) is 27.7 Å². The van der Waals surface area contributed by atoms with E-state index in [0.717, 1.165) is 0 Å². The van der Waals surface area contributed by atoms with Gasteiger partial charge >= 0.3 is 6.03 Å². The molecule has 1 rings (SSSR count). The smallest absolute Gasteiger partial charge is 0.325 e. The zero-order valence-corrected chi connectivity index (χ0v) is 11.8. The van der Waals surface area contributed by atoms with Gasteiger partial charge in [-0.15, -0.1) is 0 Å². The van der Waals surface area contributed by atoms with Crippen LogP contribution in [0.4, 0.5) is 4.79 Å². The fourth-order valence-electron chi connectivity index (χ4n) is 1.69. The summed E-state index contributed by atoms with van der Waals surface area (Å²) in [6, 6.07) is -0.347. The van der Waals surface area contributed by atoms with Gasteiger partial charge in [-0.2, -0.15) is 0 Å². The Bertz CT molecular complexity index is 352. The van der Waals surface area contributed by atoms with E-state index in [4.69, 9.17) is 0 Å². The first kappa shape index (κ1) is 14.9. The lowest BCUT2D eigenvalue weighted by Crippen LogP contribution is -2.48. The summed E-state index contributed by atoms with van der Waals surface area (Å²) in [5.74, 6) is -0.206. The second-order valence-electron chi connectivity index (χ2n) is 5.90. The third-order valence-corrected chi connectivity index (χ3v) is 3.52. The molecular formula is C12H23N3O3. The number of nitrogens with one attached hydrogen (secondary N) is 1. The predicted molar refractivity (Wildman–Crippen MR) is 68.1 cm³/mol. The minimum atomic E-state index is -0.817. The Hall–Kier alpha value is -1.14. The van der Waals surface area contributed by atoms with Crippen LogP contribution in [0.5, 0.6) is 0 Å². The number of aliphatic hydroxyl groups is 1. The number of nitrogens with zero attached hydrogens (tertiary/aromatic N) is 2. The zero-order chi connectivity index (χ0) is 14.1. The van der Waals surface area contributed by atoms with Crippen molar-refractivity contribution in [3.05, 3.63) is 0 Å². The first-order valence-electron chi connectivity index (χ1n) is 6.08. The van der Waals surface area contributed by atoms with Gasteiger partial charge in [-0.05, 0) is 34.7 Å². The molecular weight excluding hydrogens is 234 g/mol. The van der Waals surface area contributed by atoms with E-state index in [-0.39, 0.29) is 24.1 Å². The number of imide groups is 1. The van der Waals surface area contributed by atoms with Crippen molar-refractivity contribution in [3.8, 4) is 0 Å². The van der Waals surface area contributed by atoms with Crippen molar-refractivity contribution >= 4 is 11.9 Å². The number of amides is 3. The summed E-state index contributed by atoms with van der Waals surface area (Å²) in [7, 11) is 1.86. The van der Waals surface area contributed by atoms with Crippen molar-refractivity contribution < 1.29 is 14.7 Å². The highest BCUT2D eigenvalue weighted by Gasteiger charge is 2.44. The molecule has 0 atom stereocenters. The molecule has 0 bridgehead atoms. The summed E-state index contributed by atoms with van der Waals surface area (Å²) in [6.07, 6.45) is 0. The molecule has 0 aromatic rings. The number of likely N-dealkylation sites (N-methyl/N-ethyl adjacent to an activating group) is 1. The fourth-order valence-corrected chi connectivity index (χ4v) is 1.69. The first-order valence-corrected chi connectivity index (χ1v) is 6.08. The molecule has 104 valence electrons. The van der Waals surface area contributed by atoms with Crippen LogP contribution in [0, 0.1) is 0 Å². The molecule has 1 aliphatic heterocycles. The van der Waals surface area contributed by atoms with E-state index in [1.807, 2.05) is 25.8 Å². The lowest BCUT2D eigenvalue weighted by Gasteiger charge is -2.34. The Labute approximate surface area is 108 Å². The molecule has 6 nitrogen and oxygen atoms in total. The number of rotatable bonds is 5. The van der Waals surface area contributed by atoms with Gasteiger partial charge in [0.1, 0.15) is 5.54 Å². The highest BCUT2D eigenvalue weighted by Crippen LogP contribution is 2.17. The zero-order valence-electron chi connectivity index (χ0n) is 11.8. The molecule has 0 aliphatic carbocycles. The third kappa shape index (κ3) is 2.81. The summed E-state index contributed by atoms with van der Waals surface area (Å²) in [4.78, 5) is 26.8. The first-order chi connectivity index (χ1) is 8.12. The van der Waals surface area contributed by atoms with Crippen molar-refractivity contribution in [2.45, 2.75) is 38.8 Å². The van der Waals surface area contributed by atoms with E-state index in [1.54, 1.807) is 13.8 Å². The predicted octanol–water partition coefficient (Wildman–Crippen LogP) is 0.0195. The summed E-state index contributed by atoms with van der Waals surface area (Å²) in [5, 5.41) is 11.9. The lowest BCUT2D eigenvalue weighted by atomic mass is 10.1. The van der Waals surface area contributed by atoms with Crippen LogP contribution >= 0.6 is 0 Å². The van der Waals surface area contributed by atoms with Gasteiger partial charge in [0.25, 0.3) is 5.91 Å². The number of hydrogen-bond donors (Lipinski definition) is 2. The van der Waals surface area contributed by atoms with Crippen molar-refractivity contribution in [1.29, 1.82) is 0 Å². The summed E-state index contributed by atoms with van der Waals surface area (Å²) in [5.41, 5.74) is -1.18. The molecule has 3 amide bonds. The van der Waals surface area contributed by atoms with Gasteiger partial charge in [-0.25, -0.2) is 4.79 Å². The normalized spacial score (nSPS) is 19.6. The van der Waals surface area contributed by atoms with Gasteiger partial charge in [0.2, 0.25) is 0 Å². The van der Waals surface area contributed by atoms with E-state index in [9.17, 15) is 14.7 Å². The molecule has 0 aromatic heterocycles. The molecule has 1 heterocycles. The van der Waals surface area contributed by atoms with Crippen molar-refractivity contribution in [1.82, 2.24) is 15.1 Å². The Balaban J connectivity index is 2.60. The van der Waals surface area contributed by atoms with Gasteiger partial charge in [0.05, 0.1) is 6.61 Å². The standard InChI is InChI=1S/C12H23N3O3/c1-11(2,8-16)14(5)6-7-15-9(17)12(3,4)13-10(15)18/h16H,6-8H2,1-5H3,(H,13,18). The molecule has 6 heteroatoms. The monoisotopic (exact) mass is 257 g/mol. The van der Waals surface area contributed by atoms with Crippen molar-refractivity contribution in [2.75, 3.05) is 26.7 Å². The van der Waals surface area contributed by atoms with Crippen LogP contribution in [0.2, 0.25) is 0 Å². The Kier molecular flexibility index (Phi) is 4.02. The molecule has 1 saturated heterocycles. The highest BCUT2D eigenvalue weighted by molar-refractivity contribution is 6.06. The maximum Gasteiger partial charge on any atom is 0.325 e. The number of carbonyl (C=O) groups is 2. The van der Waals surface area contributed by atoms with Gasteiger partial charge in [-0.3, -0.25) is 14.6 Å². The molecule has 0 saturated carbocycles. The largest absolute Gasteiger partial charge is 0.394 e. The van der Waals surface area contributed by atoms with E-state index in [2.05, 4.69) is 5.32 Å². The molecule has 18 heavy (non-hydrogen) atoms. The van der Waals surface area contributed by atoms with E-state index >= 15 is 0 Å². The lowest BCUT2D eigenvalue weighted by molar-refractivity contribution is -0.130. The Morgan fingerprint density at radius 2 is 1.94 bits per heavy atom. The maximum absolute atomic E-state index is 11.9. The summed E-state index contributed by atoms with van der Waals surface area (Å²) >= 11 is 0. The second kappa shape index (κ2) is 4.85. The number of aliphatic hydroxyl groups excluding tert-OH is 1. The SMILES string of the molecule is CN(CCN1C(=O)NC(C)(C)C1=O)C(C)(C)CO. The average molecular weight is 257 g/mol.